The van der Waals surface area contributed by atoms with Crippen molar-refractivity contribution >= 4 is 14.0 Å². The van der Waals surface area contributed by atoms with Crippen LogP contribution < -0.4 is 5.19 Å². The highest BCUT2D eigenvalue weighted by Crippen LogP contribution is 2.07. The van der Waals surface area contributed by atoms with Crippen LogP contribution in [0.4, 0.5) is 0 Å². The Hall–Kier alpha value is -0.863. The van der Waals surface area contributed by atoms with Crippen LogP contribution in [0.25, 0.3) is 0 Å². The van der Waals surface area contributed by atoms with Gasteiger partial charge in [0.25, 0.3) is 0 Å². The number of ether oxygens (including phenoxy) is 1. The summed E-state index contributed by atoms with van der Waals surface area (Å²) >= 11 is 0. The number of hydrogen-bond donors (Lipinski definition) is 0. The summed E-state index contributed by atoms with van der Waals surface area (Å²) in [5.74, 6) is 0. The van der Waals surface area contributed by atoms with Gasteiger partial charge in [0.15, 0.2) is 0 Å². The van der Waals surface area contributed by atoms with Crippen LogP contribution in [-0.4, -0.2) is 22.5 Å². The zero-order valence-electron chi connectivity index (χ0n) is 10.2. The highest BCUT2D eigenvalue weighted by Gasteiger charge is 2.12. The molecule has 1 atom stereocenters. The summed E-state index contributed by atoms with van der Waals surface area (Å²) in [6, 6.07) is 13.6. The first-order chi connectivity index (χ1) is 7.88. The van der Waals surface area contributed by atoms with E-state index >= 15 is 0 Å². The number of methoxy groups -OCH3 is 1. The van der Waals surface area contributed by atoms with Crippen molar-refractivity contribution in [3.8, 4) is 0 Å². The maximum absolute atomic E-state index is 5.21. The zero-order chi connectivity index (χ0) is 11.6. The molecule has 1 aromatic carbocycles. The fraction of sp³-hybridized carbons (Fsp3) is 0.429. The van der Waals surface area contributed by atoms with Crippen molar-refractivity contribution in [2.24, 2.45) is 0 Å². The molecule has 1 nitrogen and oxygen atoms in total. The Bertz CT molecular complexity index is 284. The van der Waals surface area contributed by atoms with Gasteiger partial charge in [0.1, 0.15) is 0 Å². The van der Waals surface area contributed by atoms with Gasteiger partial charge in [-0.2, -0.15) is 0 Å². The first kappa shape index (κ1) is 13.2. The fourth-order valence-corrected chi connectivity index (χ4v) is 4.94. The van der Waals surface area contributed by atoms with E-state index in [0.29, 0.717) is 0 Å². The Labute approximate surface area is 101 Å². The minimum absolute atomic E-state index is 0.814. The molecule has 0 aliphatic rings. The lowest BCUT2D eigenvalue weighted by Crippen LogP contribution is -2.30. The second-order valence-electron chi connectivity index (χ2n) is 4.11. The van der Waals surface area contributed by atoms with Crippen LogP contribution in [0.15, 0.2) is 43.0 Å². The summed E-state index contributed by atoms with van der Waals surface area (Å²) in [6.45, 7) is 4.69. The summed E-state index contributed by atoms with van der Waals surface area (Å²) in [6.07, 6.45) is 4.44. The van der Waals surface area contributed by atoms with Crippen LogP contribution in [0.5, 0.6) is 0 Å². The molecule has 1 unspecified atom stereocenters. The van der Waals surface area contributed by atoms with Gasteiger partial charge in [0, 0.05) is 13.7 Å². The molecule has 2 heteroatoms. The lowest BCUT2D eigenvalue weighted by atomic mass is 10.3. The molecular weight excluding hydrogens is 212 g/mol. The van der Waals surface area contributed by atoms with Crippen LogP contribution in [-0.2, 0) is 4.74 Å². The van der Waals surface area contributed by atoms with Gasteiger partial charge in [-0.15, -0.1) is 6.58 Å². The molecule has 0 N–H and O–H groups in total. The zero-order valence-corrected chi connectivity index (χ0v) is 11.3. The second kappa shape index (κ2) is 8.31. The quantitative estimate of drug-likeness (QED) is 0.382. The number of unbranched alkanes of at least 4 members (excludes halogenated alkanes) is 1. The molecule has 1 rings (SSSR count). The van der Waals surface area contributed by atoms with Gasteiger partial charge < -0.3 is 4.74 Å². The smallest absolute Gasteiger partial charge is 0.0730 e. The van der Waals surface area contributed by atoms with E-state index in [1.807, 2.05) is 6.08 Å². The van der Waals surface area contributed by atoms with Crippen LogP contribution in [0.2, 0.25) is 12.1 Å². The predicted molar refractivity (Wildman–Crippen MR) is 74.1 cm³/mol. The van der Waals surface area contributed by atoms with Crippen LogP contribution in [0.3, 0.4) is 0 Å². The predicted octanol–water partition coefficient (Wildman–Crippen LogP) is 2.73. The highest BCUT2D eigenvalue weighted by atomic mass is 28.3. The molecule has 1 aromatic rings. The molecule has 0 aromatic heterocycles. The normalized spacial score (nSPS) is 12.3. The number of allylic oxidation sites excluding steroid dienone is 1. The van der Waals surface area contributed by atoms with Gasteiger partial charge >= 0.3 is 0 Å². The third kappa shape index (κ3) is 4.77. The van der Waals surface area contributed by atoms with Crippen LogP contribution in [0.1, 0.15) is 12.8 Å². The molecule has 0 bridgehead atoms. The Kier molecular flexibility index (Phi) is 6.86. The standard InChI is InChI=1S/C14H22OSi/c1-3-4-8-12-16(13-11-15-2)14-9-6-5-7-10-14/h3,5-7,9-10,16H,1,4,8,11-13H2,2H3. The van der Waals surface area contributed by atoms with E-state index in [2.05, 4.69) is 36.9 Å². The Morgan fingerprint density at radius 3 is 2.62 bits per heavy atom. The molecule has 0 radical (unpaired) electrons. The Morgan fingerprint density at radius 2 is 2.00 bits per heavy atom. The lowest BCUT2D eigenvalue weighted by molar-refractivity contribution is 0.215. The minimum atomic E-state index is -0.814. The molecule has 0 saturated carbocycles. The average Bonchev–Trinajstić information content (AvgIpc) is 2.35. The summed E-state index contributed by atoms with van der Waals surface area (Å²) in [4.78, 5) is 0. The Morgan fingerprint density at radius 1 is 1.25 bits per heavy atom. The van der Waals surface area contributed by atoms with Crippen molar-refractivity contribution in [1.29, 1.82) is 0 Å². The van der Waals surface area contributed by atoms with Gasteiger partial charge in [-0.3, -0.25) is 0 Å². The van der Waals surface area contributed by atoms with Crippen LogP contribution in [0, 0.1) is 0 Å². The van der Waals surface area contributed by atoms with Crippen molar-refractivity contribution in [3.63, 3.8) is 0 Å². The van der Waals surface area contributed by atoms with Crippen molar-refractivity contribution in [2.45, 2.75) is 24.9 Å². The number of benzene rings is 1. The first-order valence-electron chi connectivity index (χ1n) is 6.03. The van der Waals surface area contributed by atoms with Gasteiger partial charge in [0.05, 0.1) is 8.80 Å². The van der Waals surface area contributed by atoms with E-state index in [1.165, 1.54) is 18.5 Å². The molecule has 0 aliphatic carbocycles. The van der Waals surface area contributed by atoms with Crippen molar-refractivity contribution in [3.05, 3.63) is 43.0 Å². The molecule has 88 valence electrons. The van der Waals surface area contributed by atoms with E-state index in [1.54, 1.807) is 12.3 Å². The Balaban J connectivity index is 2.52. The van der Waals surface area contributed by atoms with E-state index in [0.717, 1.165) is 13.0 Å². The molecule has 0 saturated heterocycles. The molecule has 0 aliphatic heterocycles. The molecule has 0 fully saturated rings. The SMILES string of the molecule is C=CCCC[SiH](CCOC)c1ccccc1. The number of rotatable bonds is 8. The monoisotopic (exact) mass is 234 g/mol. The second-order valence-corrected chi connectivity index (χ2v) is 7.32. The first-order valence-corrected chi connectivity index (χ1v) is 8.24. The molecular formula is C14H22OSi. The highest BCUT2D eigenvalue weighted by molar-refractivity contribution is 6.73. The van der Waals surface area contributed by atoms with Gasteiger partial charge in [-0.05, 0) is 12.5 Å². The summed E-state index contributed by atoms with van der Waals surface area (Å²) in [7, 11) is 0.978. The molecule has 0 spiro atoms. The minimum Gasteiger partial charge on any atom is -0.385 e. The maximum Gasteiger partial charge on any atom is 0.0730 e. The molecule has 0 amide bonds. The molecule has 16 heavy (non-hydrogen) atoms. The maximum atomic E-state index is 5.21. The van der Waals surface area contributed by atoms with Crippen molar-refractivity contribution < 1.29 is 4.74 Å². The van der Waals surface area contributed by atoms with Crippen LogP contribution >= 0.6 is 0 Å². The summed E-state index contributed by atoms with van der Waals surface area (Å²) < 4.78 is 5.21. The van der Waals surface area contributed by atoms with Crippen molar-refractivity contribution in [1.82, 2.24) is 0 Å². The van der Waals surface area contributed by atoms with E-state index in [-0.39, 0.29) is 0 Å². The van der Waals surface area contributed by atoms with E-state index in [4.69, 9.17) is 4.74 Å². The van der Waals surface area contributed by atoms with Gasteiger partial charge in [-0.25, -0.2) is 0 Å². The summed E-state index contributed by atoms with van der Waals surface area (Å²) in [5, 5.41) is 1.57. The topological polar surface area (TPSA) is 9.23 Å². The summed E-state index contributed by atoms with van der Waals surface area (Å²) in [5.41, 5.74) is 0. The lowest BCUT2D eigenvalue weighted by Gasteiger charge is -2.14. The number of hydrogen-bond acceptors (Lipinski definition) is 1. The largest absolute Gasteiger partial charge is 0.385 e. The average molecular weight is 234 g/mol. The van der Waals surface area contributed by atoms with Gasteiger partial charge in [0.2, 0.25) is 0 Å². The third-order valence-electron chi connectivity index (χ3n) is 2.90. The fourth-order valence-electron chi connectivity index (χ4n) is 1.97. The van der Waals surface area contributed by atoms with Gasteiger partial charge in [-0.1, -0.05) is 54.1 Å². The van der Waals surface area contributed by atoms with E-state index < -0.39 is 8.80 Å². The molecule has 0 heterocycles. The van der Waals surface area contributed by atoms with Crippen molar-refractivity contribution in [2.75, 3.05) is 13.7 Å². The third-order valence-corrected chi connectivity index (χ3v) is 6.27. The van der Waals surface area contributed by atoms with E-state index in [9.17, 15) is 0 Å².